The number of imidazole rings is 1. The number of Topliss-reactive ketones (excluding diaryl/α,β-unsaturated/α-hetero) is 1. The average Bonchev–Trinajstić information content (AvgIpc) is 1.56. The third kappa shape index (κ3) is 20.9. The molecule has 3 aliphatic heterocycles. The number of anilines is 5. The number of aliphatic hydroxyl groups is 2. The number of aromatic amines is 1. The summed E-state index contributed by atoms with van der Waals surface area (Å²) >= 11 is 6.13. The van der Waals surface area contributed by atoms with Gasteiger partial charge in [0.1, 0.15) is 5.82 Å². The van der Waals surface area contributed by atoms with Gasteiger partial charge in [-0.1, -0.05) is 148 Å². The Morgan fingerprint density at radius 3 is 2.02 bits per heavy atom. The van der Waals surface area contributed by atoms with Gasteiger partial charge in [0.2, 0.25) is 0 Å². The van der Waals surface area contributed by atoms with E-state index in [1.165, 1.54) is 31.6 Å². The summed E-state index contributed by atoms with van der Waals surface area (Å²) in [7, 11) is 1.10. The van der Waals surface area contributed by atoms with E-state index in [-0.39, 0.29) is 41.2 Å². The predicted molar refractivity (Wildman–Crippen MR) is 449 cm³/mol. The van der Waals surface area contributed by atoms with Gasteiger partial charge < -0.3 is 50.0 Å². The summed E-state index contributed by atoms with van der Waals surface area (Å²) in [6.45, 7) is 19.6. The Hall–Kier alpha value is -10.9. The maximum atomic E-state index is 13.6. The molecule has 0 bridgehead atoms. The highest BCUT2D eigenvalue weighted by Crippen LogP contribution is 2.52. The van der Waals surface area contributed by atoms with Crippen molar-refractivity contribution in [2.75, 3.05) is 78.8 Å². The van der Waals surface area contributed by atoms with Crippen LogP contribution in [0.15, 0.2) is 217 Å². The highest BCUT2D eigenvalue weighted by molar-refractivity contribution is 7.96. The van der Waals surface area contributed by atoms with Crippen LogP contribution in [0.1, 0.15) is 160 Å². The van der Waals surface area contributed by atoms with Crippen LogP contribution in [-0.4, -0.2) is 129 Å². The molecule has 113 heavy (non-hydrogen) atoms. The lowest BCUT2D eigenvalue weighted by Crippen LogP contribution is -2.45. The molecule has 590 valence electrons. The molecule has 22 heteroatoms. The maximum absolute atomic E-state index is 13.6. The number of fused-ring (bicyclic) bond motifs is 6. The van der Waals surface area contributed by atoms with E-state index in [0.29, 0.717) is 125 Å². The molecule has 1 spiro atoms. The monoisotopic (exact) mass is 1560 g/mol. The smallest absolute Gasteiger partial charge is 0.264 e. The van der Waals surface area contributed by atoms with Crippen molar-refractivity contribution in [2.45, 2.75) is 124 Å². The maximum Gasteiger partial charge on any atom is 0.264 e. The molecule has 4 aliphatic rings. The molecule has 0 unspecified atom stereocenters. The Kier molecular flexibility index (Phi) is 28.5. The van der Waals surface area contributed by atoms with Gasteiger partial charge >= 0.3 is 0 Å². The fourth-order valence-electron chi connectivity index (χ4n) is 14.3. The number of hydrogen-bond acceptors (Lipinski definition) is 14. The van der Waals surface area contributed by atoms with E-state index in [4.69, 9.17) is 21.1 Å². The third-order valence-corrected chi connectivity index (χ3v) is 22.0. The summed E-state index contributed by atoms with van der Waals surface area (Å²) in [5.41, 5.74) is 13.3. The van der Waals surface area contributed by atoms with Crippen molar-refractivity contribution < 1.29 is 56.9 Å². The summed E-state index contributed by atoms with van der Waals surface area (Å²) in [6, 6.07) is 55.6. The number of H-pyrrole nitrogens is 1. The van der Waals surface area contributed by atoms with Crippen LogP contribution in [0.4, 0.5) is 28.4 Å². The molecule has 1 aromatic heterocycles. The standard InChI is InChI=1S/C32H26N4O2.C27H35NO6S.C26H25ClN2O3.C6H15NO/c1-21-33-28-19-20-36(29-14-8-7-13-27(29)30(28)34-21)32(38)23-15-17-24(18-16-23)35-31(37)26-12-6-5-11-25(26)22-9-3-2-4-10-22;1-19-8-9-23-22(17-19)27(13-10-21(29)11-14-27)25(31)28(23)35(32,33)16-6-7-20(12-15-34-5)24(30)18-26(2,3)4;1-16-6-3-4-7-20(16)25(31)28-19-10-11-21(17(2)14-19)26(32)29-13-5-8-24(30)22-15-18(27)9-12-23(22)29;1-4-7(2)5-6-8-3/h2-18H,19-20H2,1H3,(H,33,34)(H,35,37);6-9,12,15-17,21,29H,10-11,13-14,18H2,1-5H3;3-4,6-7,9-12,14-15,24,30H,5,8,13H2,1-2H3,(H,28,31);4-6H2,1-3H3/b;15-12+,16-6+,20-7+;;/t;;24-;/m..1./s1. The molecule has 5 N–H and O–H groups in total. The number of aliphatic hydroxyl groups excluding tert-OH is 2. The first kappa shape index (κ1) is 84.5. The number of ether oxygens (including phenoxy) is 2. The van der Waals surface area contributed by atoms with E-state index in [9.17, 15) is 47.4 Å². The van der Waals surface area contributed by atoms with Gasteiger partial charge in [-0.2, -0.15) is 0 Å². The molecule has 8 aromatic carbocycles. The van der Waals surface area contributed by atoms with Crippen LogP contribution in [0.3, 0.4) is 0 Å². The number of aromatic nitrogens is 2. The Bertz CT molecular complexity index is 5140. The number of carbonyl (C=O) groups excluding carboxylic acids is 6. The number of allylic oxidation sites excluding steroid dienone is 4. The van der Waals surface area contributed by atoms with Crippen molar-refractivity contribution in [3.05, 3.63) is 284 Å². The molecule has 13 rings (SSSR count). The first-order chi connectivity index (χ1) is 54.0. The zero-order valence-corrected chi connectivity index (χ0v) is 67.6. The van der Waals surface area contributed by atoms with Gasteiger partial charge in [-0.3, -0.25) is 28.8 Å². The van der Waals surface area contributed by atoms with Crippen molar-refractivity contribution in [2.24, 2.45) is 5.41 Å². The van der Waals surface area contributed by atoms with Crippen molar-refractivity contribution in [3.8, 4) is 22.4 Å². The number of methoxy groups -OCH3 is 2. The Labute approximate surface area is 668 Å². The summed E-state index contributed by atoms with van der Waals surface area (Å²) in [5.74, 6) is -0.382. The number of sulfonamides is 1. The van der Waals surface area contributed by atoms with E-state index in [1.54, 1.807) is 90.9 Å². The van der Waals surface area contributed by atoms with Crippen LogP contribution in [0.5, 0.6) is 0 Å². The van der Waals surface area contributed by atoms with Crippen molar-refractivity contribution >= 4 is 85.4 Å². The number of nitrogens with one attached hydrogen (secondary N) is 3. The minimum absolute atomic E-state index is 0.0911. The normalized spacial score (nSPS) is 16.6. The number of hydrogen-bond donors (Lipinski definition) is 5. The number of amides is 5. The van der Waals surface area contributed by atoms with Crippen molar-refractivity contribution in [1.82, 2.24) is 14.9 Å². The molecule has 9 aromatic rings. The van der Waals surface area contributed by atoms with Crippen molar-refractivity contribution in [1.29, 1.82) is 0 Å². The van der Waals surface area contributed by atoms with Gasteiger partial charge in [0.05, 0.1) is 60.1 Å². The second-order valence-corrected chi connectivity index (χ2v) is 32.0. The number of para-hydroxylation sites is 1. The van der Waals surface area contributed by atoms with Crippen LogP contribution in [-0.2, 0) is 40.9 Å². The number of benzene rings is 8. The predicted octanol–water partition coefficient (Wildman–Crippen LogP) is 17.2. The second-order valence-electron chi connectivity index (χ2n) is 29.9. The first-order valence-corrected chi connectivity index (χ1v) is 39.9. The summed E-state index contributed by atoms with van der Waals surface area (Å²) in [4.78, 5) is 92.9. The summed E-state index contributed by atoms with van der Waals surface area (Å²) in [6.07, 6.45) is 8.31. The SMILES string of the molecule is CCN(C)CCOC.CO/C=C/C(=C\C=C\S(=O)(=O)N1C(=O)C2(CCC(O)CC2)c2cc(C)ccc21)C(=O)CC(C)(C)C.Cc1ccccc1C(=O)Nc1ccc(C(=O)N2CCC[C@@H](O)c3cc(Cl)ccc32)c(C)c1.Cc1nc2c([nH]1)CCN(C(=O)c1ccc(NC(=O)c3ccccc3-c3ccccc3)cc1)c1ccccc1-2. The van der Waals surface area contributed by atoms with Gasteiger partial charge in [0, 0.05) is 106 Å². The van der Waals surface area contributed by atoms with Gasteiger partial charge in [-0.05, 0) is 210 Å². The Balaban J connectivity index is 0.000000172. The molecule has 5 amide bonds. The second kappa shape index (κ2) is 38.1. The quantitative estimate of drug-likeness (QED) is 0.0304. The number of carbonyl (C=O) groups is 6. The topological polar surface area (TPSA) is 261 Å². The zero-order valence-electron chi connectivity index (χ0n) is 66.1. The van der Waals surface area contributed by atoms with E-state index in [2.05, 4.69) is 39.5 Å². The minimum Gasteiger partial charge on any atom is -0.504 e. The lowest BCUT2D eigenvalue weighted by atomic mass is 9.69. The highest BCUT2D eigenvalue weighted by atomic mass is 35.5. The zero-order chi connectivity index (χ0) is 81.3. The fraction of sp³-hybridized carbons (Fsp3) is 0.308. The number of nitrogens with zero attached hydrogens (tertiary/aromatic N) is 5. The highest BCUT2D eigenvalue weighted by Gasteiger charge is 2.55. The van der Waals surface area contributed by atoms with Crippen LogP contribution in [0.2, 0.25) is 5.02 Å². The number of rotatable bonds is 18. The molecule has 0 radical (unpaired) electrons. The molecular weight excluding hydrogens is 1460 g/mol. The molecule has 0 saturated heterocycles. The first-order valence-electron chi connectivity index (χ1n) is 38.0. The average molecular weight is 1570 g/mol. The van der Waals surface area contributed by atoms with Crippen LogP contribution >= 0.6 is 11.6 Å². The molecule has 1 saturated carbocycles. The minimum atomic E-state index is -4.17. The summed E-state index contributed by atoms with van der Waals surface area (Å²) < 4.78 is 37.5. The molecule has 20 nitrogen and oxygen atoms in total. The Morgan fingerprint density at radius 2 is 1.34 bits per heavy atom. The number of halogens is 1. The van der Waals surface area contributed by atoms with Crippen LogP contribution in [0, 0.1) is 33.1 Å². The summed E-state index contributed by atoms with van der Waals surface area (Å²) in [5, 5.41) is 27.9. The van der Waals surface area contributed by atoms with E-state index < -0.39 is 33.6 Å². The largest absolute Gasteiger partial charge is 0.504 e. The van der Waals surface area contributed by atoms with Gasteiger partial charge in [-0.15, -0.1) is 0 Å². The van der Waals surface area contributed by atoms with Gasteiger partial charge in [0.15, 0.2) is 5.78 Å². The van der Waals surface area contributed by atoms with Gasteiger partial charge in [0.25, 0.3) is 39.6 Å². The lowest BCUT2D eigenvalue weighted by molar-refractivity contribution is -0.124. The van der Waals surface area contributed by atoms with Crippen molar-refractivity contribution in [3.63, 3.8) is 0 Å². The molecule has 4 heterocycles. The van der Waals surface area contributed by atoms with Crippen LogP contribution in [0.25, 0.3) is 22.4 Å². The van der Waals surface area contributed by atoms with E-state index in [0.717, 1.165) is 85.7 Å². The fourth-order valence-corrected chi connectivity index (χ4v) is 15.7. The number of likely N-dealkylation sites (N-methyl/N-ethyl adjacent to an activating group) is 1. The van der Waals surface area contributed by atoms with E-state index in [1.807, 2.05) is 156 Å². The van der Waals surface area contributed by atoms with E-state index >= 15 is 0 Å². The number of aryl methyl sites for hydroxylation is 4. The van der Waals surface area contributed by atoms with Crippen LogP contribution < -0.4 is 24.7 Å². The molecule has 1 aliphatic carbocycles. The molecular formula is C91H101ClN8O12S. The number of ketones is 1. The lowest BCUT2D eigenvalue weighted by Gasteiger charge is -2.34. The van der Waals surface area contributed by atoms with Gasteiger partial charge in [-0.25, -0.2) is 17.7 Å². The molecule has 1 atom stereocenters. The third-order valence-electron chi connectivity index (χ3n) is 20.4. The molecule has 1 fully saturated rings. The Morgan fingerprint density at radius 1 is 0.699 bits per heavy atom.